The molecule has 7 heteroatoms. The van der Waals surface area contributed by atoms with Crippen LogP contribution < -0.4 is 9.47 Å². The Morgan fingerprint density at radius 2 is 2.00 bits per heavy atom. The quantitative estimate of drug-likeness (QED) is 0.472. The number of para-hydroxylation sites is 1. The molecule has 0 radical (unpaired) electrons. The number of aryl methyl sites for hydroxylation is 1. The van der Waals surface area contributed by atoms with Crippen LogP contribution in [0.2, 0.25) is 0 Å². The number of ether oxygens (including phenoxy) is 2. The smallest absolute Gasteiger partial charge is 0.216 e. The van der Waals surface area contributed by atoms with Crippen molar-refractivity contribution in [1.29, 1.82) is 0 Å². The number of rotatable bonds is 8. The fourth-order valence-electron chi connectivity index (χ4n) is 2.66. The van der Waals surface area contributed by atoms with Crippen molar-refractivity contribution < 1.29 is 9.47 Å². The number of benzene rings is 2. The number of aromatic nitrogens is 3. The van der Waals surface area contributed by atoms with Crippen LogP contribution in [0.5, 0.6) is 11.5 Å². The summed E-state index contributed by atoms with van der Waals surface area (Å²) in [6.07, 6.45) is 3.25. The van der Waals surface area contributed by atoms with Crippen molar-refractivity contribution in [2.24, 2.45) is 5.10 Å². The van der Waals surface area contributed by atoms with Gasteiger partial charge < -0.3 is 9.47 Å². The van der Waals surface area contributed by atoms with E-state index in [1.54, 1.807) is 18.0 Å². The summed E-state index contributed by atoms with van der Waals surface area (Å²) in [4.78, 5) is 0. The average Bonchev–Trinajstić information content (AvgIpc) is 3.07. The third-order valence-electron chi connectivity index (χ3n) is 4.06. The van der Waals surface area contributed by atoms with Crippen LogP contribution in [0.1, 0.15) is 23.9 Å². The molecule has 0 atom stereocenters. The Labute approximate surface area is 163 Å². The summed E-state index contributed by atoms with van der Waals surface area (Å²) in [6.45, 7) is 2.54. The summed E-state index contributed by atoms with van der Waals surface area (Å²) in [5.41, 5.74) is 2.03. The van der Waals surface area contributed by atoms with Crippen molar-refractivity contribution in [3.8, 4) is 11.5 Å². The van der Waals surface area contributed by atoms with Gasteiger partial charge in [-0.25, -0.2) is 0 Å². The molecule has 3 rings (SSSR count). The van der Waals surface area contributed by atoms with Crippen molar-refractivity contribution in [3.05, 3.63) is 70.3 Å². The van der Waals surface area contributed by atoms with E-state index in [0.29, 0.717) is 22.9 Å². The van der Waals surface area contributed by atoms with Gasteiger partial charge in [0.05, 0.1) is 19.9 Å². The minimum Gasteiger partial charge on any atom is -0.493 e. The molecule has 0 aliphatic carbocycles. The van der Waals surface area contributed by atoms with Crippen LogP contribution in [0.25, 0.3) is 0 Å². The van der Waals surface area contributed by atoms with Crippen LogP contribution in [0.15, 0.2) is 53.6 Å². The third kappa shape index (κ3) is 4.62. The highest BCUT2D eigenvalue weighted by atomic mass is 32.1. The van der Waals surface area contributed by atoms with Crippen LogP contribution >= 0.6 is 12.2 Å². The lowest BCUT2D eigenvalue weighted by Gasteiger charge is -2.13. The fourth-order valence-corrected chi connectivity index (χ4v) is 2.86. The SMILES string of the molecule is CCc1n[nH]c(=S)n1/N=C/c1cccc(OC)c1OCCc1ccccc1. The van der Waals surface area contributed by atoms with Crippen molar-refractivity contribution in [1.82, 2.24) is 14.9 Å². The Balaban J connectivity index is 1.81. The van der Waals surface area contributed by atoms with E-state index in [1.807, 2.05) is 43.3 Å². The highest BCUT2D eigenvalue weighted by molar-refractivity contribution is 7.71. The van der Waals surface area contributed by atoms with Gasteiger partial charge in [-0.05, 0) is 29.9 Å². The summed E-state index contributed by atoms with van der Waals surface area (Å²) < 4.78 is 13.6. The van der Waals surface area contributed by atoms with E-state index >= 15 is 0 Å². The number of H-pyrrole nitrogens is 1. The largest absolute Gasteiger partial charge is 0.493 e. The summed E-state index contributed by atoms with van der Waals surface area (Å²) in [5, 5.41) is 11.4. The topological polar surface area (TPSA) is 64.4 Å². The molecule has 27 heavy (non-hydrogen) atoms. The second kappa shape index (κ2) is 9.14. The molecule has 0 aliphatic heterocycles. The van der Waals surface area contributed by atoms with Gasteiger partial charge in [-0.2, -0.15) is 14.9 Å². The first-order valence-electron chi connectivity index (χ1n) is 8.77. The van der Waals surface area contributed by atoms with Crippen molar-refractivity contribution in [2.75, 3.05) is 13.7 Å². The molecule has 3 aromatic rings. The maximum atomic E-state index is 6.04. The van der Waals surface area contributed by atoms with Gasteiger partial charge in [0.1, 0.15) is 0 Å². The first kappa shape index (κ1) is 18.8. The van der Waals surface area contributed by atoms with E-state index in [1.165, 1.54) is 5.56 Å². The van der Waals surface area contributed by atoms with Gasteiger partial charge in [0.2, 0.25) is 4.77 Å². The number of hydrogen-bond donors (Lipinski definition) is 1. The summed E-state index contributed by atoms with van der Waals surface area (Å²) in [6, 6.07) is 15.9. The van der Waals surface area contributed by atoms with Crippen LogP contribution in [-0.4, -0.2) is 34.8 Å². The number of aromatic amines is 1. The van der Waals surface area contributed by atoms with E-state index in [9.17, 15) is 0 Å². The first-order valence-corrected chi connectivity index (χ1v) is 9.18. The monoisotopic (exact) mass is 382 g/mol. The second-order valence-electron chi connectivity index (χ2n) is 5.82. The molecule has 0 aliphatic rings. The molecule has 0 unspecified atom stereocenters. The number of hydrogen-bond acceptors (Lipinski definition) is 5. The first-order chi connectivity index (χ1) is 13.2. The van der Waals surface area contributed by atoms with Gasteiger partial charge in [0, 0.05) is 18.4 Å². The van der Waals surface area contributed by atoms with Crippen molar-refractivity contribution in [3.63, 3.8) is 0 Å². The minimum atomic E-state index is 0.456. The number of nitrogens with zero attached hydrogens (tertiary/aromatic N) is 3. The zero-order valence-electron chi connectivity index (χ0n) is 15.4. The molecule has 0 saturated heterocycles. The number of methoxy groups -OCH3 is 1. The van der Waals surface area contributed by atoms with E-state index in [0.717, 1.165) is 24.2 Å². The van der Waals surface area contributed by atoms with Crippen LogP contribution in [0, 0.1) is 4.77 Å². The van der Waals surface area contributed by atoms with Gasteiger partial charge in [0.25, 0.3) is 0 Å². The zero-order chi connectivity index (χ0) is 19.1. The van der Waals surface area contributed by atoms with E-state index in [2.05, 4.69) is 27.4 Å². The standard InChI is InChI=1S/C20H22N4O2S/c1-3-18-22-23-20(27)24(18)21-14-16-10-7-11-17(25-2)19(16)26-13-12-15-8-5-4-6-9-15/h4-11,14H,3,12-13H2,1-2H3,(H,23,27)/b21-14+. The van der Waals surface area contributed by atoms with E-state index in [-0.39, 0.29) is 0 Å². The minimum absolute atomic E-state index is 0.456. The van der Waals surface area contributed by atoms with E-state index in [4.69, 9.17) is 21.7 Å². The number of nitrogens with one attached hydrogen (secondary N) is 1. The lowest BCUT2D eigenvalue weighted by Crippen LogP contribution is -2.05. The molecule has 0 saturated carbocycles. The van der Waals surface area contributed by atoms with Gasteiger partial charge in [-0.1, -0.05) is 43.3 Å². The molecule has 1 N–H and O–H groups in total. The average molecular weight is 382 g/mol. The Hall–Kier alpha value is -2.93. The molecule has 140 valence electrons. The molecule has 0 spiro atoms. The third-order valence-corrected chi connectivity index (χ3v) is 4.32. The maximum Gasteiger partial charge on any atom is 0.216 e. The Kier molecular flexibility index (Phi) is 6.38. The zero-order valence-corrected chi connectivity index (χ0v) is 16.2. The maximum absolute atomic E-state index is 6.04. The Bertz CT molecular complexity index is 964. The highest BCUT2D eigenvalue weighted by Gasteiger charge is 2.10. The molecule has 0 fully saturated rings. The summed E-state index contributed by atoms with van der Waals surface area (Å²) in [5.74, 6) is 2.09. The lowest BCUT2D eigenvalue weighted by atomic mass is 10.1. The molecular weight excluding hydrogens is 360 g/mol. The molecular formula is C20H22N4O2S. The van der Waals surface area contributed by atoms with Gasteiger partial charge in [0.15, 0.2) is 17.3 Å². The highest BCUT2D eigenvalue weighted by Crippen LogP contribution is 2.30. The van der Waals surface area contributed by atoms with Crippen LogP contribution in [0.4, 0.5) is 0 Å². The molecule has 0 bridgehead atoms. The summed E-state index contributed by atoms with van der Waals surface area (Å²) >= 11 is 5.24. The van der Waals surface area contributed by atoms with Crippen molar-refractivity contribution in [2.45, 2.75) is 19.8 Å². The van der Waals surface area contributed by atoms with Gasteiger partial charge in [-0.15, -0.1) is 0 Å². The van der Waals surface area contributed by atoms with Crippen LogP contribution in [-0.2, 0) is 12.8 Å². The molecule has 1 heterocycles. The Morgan fingerprint density at radius 3 is 2.74 bits per heavy atom. The van der Waals surface area contributed by atoms with E-state index < -0.39 is 0 Å². The fraction of sp³-hybridized carbons (Fsp3) is 0.250. The van der Waals surface area contributed by atoms with Crippen molar-refractivity contribution >= 4 is 18.4 Å². The molecule has 0 amide bonds. The predicted molar refractivity (Wildman–Crippen MR) is 108 cm³/mol. The predicted octanol–water partition coefficient (Wildman–Crippen LogP) is 4.02. The van der Waals surface area contributed by atoms with Gasteiger partial charge >= 0.3 is 0 Å². The molecule has 1 aromatic heterocycles. The normalized spacial score (nSPS) is 11.0. The van der Waals surface area contributed by atoms with Crippen LogP contribution in [0.3, 0.4) is 0 Å². The lowest BCUT2D eigenvalue weighted by molar-refractivity contribution is 0.297. The molecule has 2 aromatic carbocycles. The van der Waals surface area contributed by atoms with Gasteiger partial charge in [-0.3, -0.25) is 5.10 Å². The molecule has 6 nitrogen and oxygen atoms in total. The Morgan fingerprint density at radius 1 is 1.19 bits per heavy atom. The summed E-state index contributed by atoms with van der Waals surface area (Å²) in [7, 11) is 1.63. The second-order valence-corrected chi connectivity index (χ2v) is 6.20.